The van der Waals surface area contributed by atoms with Crippen molar-refractivity contribution in [2.24, 2.45) is 0 Å². The maximum atomic E-state index is 13.3. The van der Waals surface area contributed by atoms with Crippen molar-refractivity contribution in [1.82, 2.24) is 0 Å². The number of carbonyl (C=O) groups excluding carboxylic acids is 1. The summed E-state index contributed by atoms with van der Waals surface area (Å²) in [7, 11) is 0. The van der Waals surface area contributed by atoms with Crippen LogP contribution >= 0.6 is 0 Å². The molecule has 0 aliphatic rings. The van der Waals surface area contributed by atoms with Crippen LogP contribution in [0.4, 0.5) is 13.2 Å². The highest BCUT2D eigenvalue weighted by molar-refractivity contribution is 5.76. The SMILES string of the molecule is CCOC(=O)C(F)c1cc(F)cc(F)c1. The highest BCUT2D eigenvalue weighted by atomic mass is 19.1. The maximum Gasteiger partial charge on any atom is 0.345 e. The Kier molecular flexibility index (Phi) is 3.71. The van der Waals surface area contributed by atoms with E-state index in [0.29, 0.717) is 6.07 Å². The first kappa shape index (κ1) is 11.6. The molecule has 15 heavy (non-hydrogen) atoms. The Balaban J connectivity index is 2.90. The van der Waals surface area contributed by atoms with Crippen molar-refractivity contribution in [2.75, 3.05) is 6.61 Å². The molecule has 1 rings (SSSR count). The summed E-state index contributed by atoms with van der Waals surface area (Å²) in [4.78, 5) is 10.9. The number of benzene rings is 1. The summed E-state index contributed by atoms with van der Waals surface area (Å²) in [6.45, 7) is 1.52. The van der Waals surface area contributed by atoms with E-state index in [4.69, 9.17) is 0 Å². The third-order valence-corrected chi connectivity index (χ3v) is 1.67. The van der Waals surface area contributed by atoms with Gasteiger partial charge in [0.2, 0.25) is 6.17 Å². The van der Waals surface area contributed by atoms with Crippen LogP contribution in [0.3, 0.4) is 0 Å². The third-order valence-electron chi connectivity index (χ3n) is 1.67. The Hall–Kier alpha value is -1.52. The second-order valence-corrected chi connectivity index (χ2v) is 2.82. The molecule has 0 spiro atoms. The summed E-state index contributed by atoms with van der Waals surface area (Å²) < 4.78 is 43.0. The first-order valence-electron chi connectivity index (χ1n) is 4.31. The van der Waals surface area contributed by atoms with Crippen LogP contribution in [0, 0.1) is 11.6 Å². The molecule has 1 unspecified atom stereocenters. The number of hydrogen-bond donors (Lipinski definition) is 0. The lowest BCUT2D eigenvalue weighted by Crippen LogP contribution is -2.12. The fourth-order valence-corrected chi connectivity index (χ4v) is 1.07. The first-order valence-corrected chi connectivity index (χ1v) is 4.31. The molecule has 1 aromatic rings. The molecule has 5 heteroatoms. The molecule has 0 aliphatic heterocycles. The molecule has 0 fully saturated rings. The number of esters is 1. The lowest BCUT2D eigenvalue weighted by atomic mass is 10.1. The zero-order valence-electron chi connectivity index (χ0n) is 7.97. The number of rotatable bonds is 3. The minimum atomic E-state index is -2.16. The van der Waals surface area contributed by atoms with Crippen LogP contribution in [-0.4, -0.2) is 12.6 Å². The average molecular weight is 218 g/mol. The van der Waals surface area contributed by atoms with E-state index >= 15 is 0 Å². The van der Waals surface area contributed by atoms with Crippen molar-refractivity contribution in [2.45, 2.75) is 13.1 Å². The Labute approximate surface area is 84.7 Å². The maximum absolute atomic E-state index is 13.3. The number of ether oxygens (including phenoxy) is 1. The summed E-state index contributed by atoms with van der Waals surface area (Å²) >= 11 is 0. The number of carbonyl (C=O) groups is 1. The molecule has 0 bridgehead atoms. The van der Waals surface area contributed by atoms with Gasteiger partial charge in [-0.2, -0.15) is 0 Å². The van der Waals surface area contributed by atoms with E-state index in [2.05, 4.69) is 4.74 Å². The van der Waals surface area contributed by atoms with Crippen molar-refractivity contribution in [3.05, 3.63) is 35.4 Å². The Bertz CT molecular complexity index is 345. The molecule has 82 valence electrons. The zero-order chi connectivity index (χ0) is 11.4. The molecule has 1 atom stereocenters. The van der Waals surface area contributed by atoms with Crippen molar-refractivity contribution >= 4 is 5.97 Å². The van der Waals surface area contributed by atoms with Crippen molar-refractivity contribution < 1.29 is 22.7 Å². The van der Waals surface area contributed by atoms with Crippen LogP contribution in [0.25, 0.3) is 0 Å². The molecular formula is C10H9F3O2. The molecule has 2 nitrogen and oxygen atoms in total. The second-order valence-electron chi connectivity index (χ2n) is 2.82. The molecule has 0 heterocycles. The number of hydrogen-bond acceptors (Lipinski definition) is 2. The molecule has 0 radical (unpaired) electrons. The topological polar surface area (TPSA) is 26.3 Å². The highest BCUT2D eigenvalue weighted by Crippen LogP contribution is 2.21. The molecule has 0 N–H and O–H groups in total. The van der Waals surface area contributed by atoms with E-state index in [1.165, 1.54) is 6.92 Å². The van der Waals surface area contributed by atoms with E-state index < -0.39 is 23.8 Å². The van der Waals surface area contributed by atoms with Crippen molar-refractivity contribution in [1.29, 1.82) is 0 Å². The monoisotopic (exact) mass is 218 g/mol. The van der Waals surface area contributed by atoms with E-state index in [0.717, 1.165) is 12.1 Å². The molecule has 0 saturated heterocycles. The van der Waals surface area contributed by atoms with Gasteiger partial charge in [-0.15, -0.1) is 0 Å². The largest absolute Gasteiger partial charge is 0.464 e. The van der Waals surface area contributed by atoms with Crippen molar-refractivity contribution in [3.8, 4) is 0 Å². The number of halogens is 3. The van der Waals surface area contributed by atoms with Gasteiger partial charge in [0.25, 0.3) is 0 Å². The van der Waals surface area contributed by atoms with Crippen LogP contribution in [0.1, 0.15) is 18.7 Å². The van der Waals surface area contributed by atoms with Crippen LogP contribution < -0.4 is 0 Å². The quantitative estimate of drug-likeness (QED) is 0.729. The summed E-state index contributed by atoms with van der Waals surface area (Å²) in [6.07, 6.45) is -2.16. The predicted molar refractivity (Wildman–Crippen MR) is 46.8 cm³/mol. The van der Waals surface area contributed by atoms with Gasteiger partial charge in [0, 0.05) is 11.6 Å². The van der Waals surface area contributed by atoms with Gasteiger partial charge in [0.1, 0.15) is 11.6 Å². The van der Waals surface area contributed by atoms with Gasteiger partial charge in [-0.1, -0.05) is 0 Å². The van der Waals surface area contributed by atoms with Gasteiger partial charge in [-0.3, -0.25) is 0 Å². The predicted octanol–water partition coefficient (Wildman–Crippen LogP) is 2.54. The smallest absolute Gasteiger partial charge is 0.345 e. The van der Waals surface area contributed by atoms with E-state index in [1.807, 2.05) is 0 Å². The summed E-state index contributed by atoms with van der Waals surface area (Å²) in [5.74, 6) is -3.02. The van der Waals surface area contributed by atoms with Gasteiger partial charge in [-0.25, -0.2) is 18.0 Å². The average Bonchev–Trinajstić information content (AvgIpc) is 2.15. The van der Waals surface area contributed by atoms with Gasteiger partial charge < -0.3 is 4.74 Å². The molecule has 1 aromatic carbocycles. The Morgan fingerprint density at radius 1 is 1.33 bits per heavy atom. The summed E-state index contributed by atoms with van der Waals surface area (Å²) in [5.41, 5.74) is -0.383. The van der Waals surface area contributed by atoms with Gasteiger partial charge in [-0.05, 0) is 19.1 Å². The Morgan fingerprint density at radius 3 is 2.33 bits per heavy atom. The van der Waals surface area contributed by atoms with Crippen LogP contribution in [0.2, 0.25) is 0 Å². The van der Waals surface area contributed by atoms with Gasteiger partial charge >= 0.3 is 5.97 Å². The van der Waals surface area contributed by atoms with Crippen molar-refractivity contribution in [3.63, 3.8) is 0 Å². The minimum absolute atomic E-state index is 0.0110. The molecule has 0 saturated carbocycles. The fraction of sp³-hybridized carbons (Fsp3) is 0.300. The van der Waals surface area contributed by atoms with Crippen LogP contribution in [0.5, 0.6) is 0 Å². The second kappa shape index (κ2) is 4.82. The number of alkyl halides is 1. The van der Waals surface area contributed by atoms with E-state index in [1.54, 1.807) is 0 Å². The molecular weight excluding hydrogens is 209 g/mol. The van der Waals surface area contributed by atoms with Crippen LogP contribution in [0.15, 0.2) is 18.2 Å². The summed E-state index contributed by atoms with van der Waals surface area (Å²) in [5, 5.41) is 0. The Morgan fingerprint density at radius 2 is 1.87 bits per heavy atom. The normalized spacial score (nSPS) is 12.3. The molecule has 0 aliphatic carbocycles. The highest BCUT2D eigenvalue weighted by Gasteiger charge is 2.22. The minimum Gasteiger partial charge on any atom is -0.464 e. The lowest BCUT2D eigenvalue weighted by molar-refractivity contribution is -0.149. The molecule has 0 aromatic heterocycles. The lowest BCUT2D eigenvalue weighted by Gasteiger charge is -2.07. The van der Waals surface area contributed by atoms with E-state index in [-0.39, 0.29) is 12.2 Å². The first-order chi connectivity index (χ1) is 7.04. The fourth-order valence-electron chi connectivity index (χ4n) is 1.07. The summed E-state index contributed by atoms with van der Waals surface area (Å²) in [6, 6.07) is 2.11. The van der Waals surface area contributed by atoms with E-state index in [9.17, 15) is 18.0 Å². The van der Waals surface area contributed by atoms with Gasteiger partial charge in [0.05, 0.1) is 6.61 Å². The zero-order valence-corrected chi connectivity index (χ0v) is 7.97. The third kappa shape index (κ3) is 2.97. The van der Waals surface area contributed by atoms with Crippen LogP contribution in [-0.2, 0) is 9.53 Å². The molecule has 0 amide bonds. The standard InChI is InChI=1S/C10H9F3O2/c1-2-15-10(14)9(13)6-3-7(11)5-8(12)4-6/h3-5,9H,2H2,1H3. The van der Waals surface area contributed by atoms with Gasteiger partial charge in [0.15, 0.2) is 0 Å².